The Kier molecular flexibility index (Phi) is 2.81. The van der Waals surface area contributed by atoms with Crippen molar-refractivity contribution in [3.05, 3.63) is 29.8 Å². The molecule has 1 aliphatic rings. The number of nitrogens with one attached hydrogen (secondary N) is 2. The van der Waals surface area contributed by atoms with Gasteiger partial charge in [-0.05, 0) is 10.8 Å². The van der Waals surface area contributed by atoms with Crippen molar-refractivity contribution in [1.29, 1.82) is 0 Å². The van der Waals surface area contributed by atoms with Crippen LogP contribution < -0.4 is 5.32 Å². The maximum absolute atomic E-state index is 5.44. The summed E-state index contributed by atoms with van der Waals surface area (Å²) in [5, 5.41) is 17.3. The van der Waals surface area contributed by atoms with Crippen molar-refractivity contribution >= 4 is 0 Å². The van der Waals surface area contributed by atoms with Crippen LogP contribution in [-0.4, -0.2) is 40.4 Å². The number of nitrogens with zero attached hydrogens (tertiary/aromatic N) is 3. The molecule has 3 rings (SSSR count). The van der Waals surface area contributed by atoms with Gasteiger partial charge in [-0.25, -0.2) is 0 Å². The highest BCUT2D eigenvalue weighted by Gasteiger charge is 2.15. The number of ether oxygens (including phenoxy) is 1. The molecule has 2 heterocycles. The van der Waals surface area contributed by atoms with E-state index >= 15 is 0 Å². The molecule has 1 atom stereocenters. The van der Waals surface area contributed by atoms with Crippen molar-refractivity contribution in [3.63, 3.8) is 0 Å². The fourth-order valence-electron chi connectivity index (χ4n) is 1.93. The number of tetrazole rings is 1. The Morgan fingerprint density at radius 3 is 2.76 bits per heavy atom. The van der Waals surface area contributed by atoms with E-state index in [1.807, 2.05) is 12.1 Å². The summed E-state index contributed by atoms with van der Waals surface area (Å²) in [4.78, 5) is 0. The average molecular weight is 231 g/mol. The quantitative estimate of drug-likeness (QED) is 0.788. The van der Waals surface area contributed by atoms with Gasteiger partial charge >= 0.3 is 0 Å². The van der Waals surface area contributed by atoms with Crippen LogP contribution in [0.3, 0.4) is 0 Å². The molecule has 2 aromatic rings. The summed E-state index contributed by atoms with van der Waals surface area (Å²) < 4.78 is 5.44. The molecule has 0 unspecified atom stereocenters. The van der Waals surface area contributed by atoms with E-state index in [1.165, 1.54) is 5.56 Å². The van der Waals surface area contributed by atoms with Crippen LogP contribution in [0.4, 0.5) is 0 Å². The van der Waals surface area contributed by atoms with Crippen LogP contribution in [0.2, 0.25) is 0 Å². The molecule has 0 amide bonds. The highest BCUT2D eigenvalue weighted by Crippen LogP contribution is 2.19. The zero-order valence-corrected chi connectivity index (χ0v) is 9.26. The van der Waals surface area contributed by atoms with Gasteiger partial charge in [0.15, 0.2) is 0 Å². The number of rotatable bonds is 2. The lowest BCUT2D eigenvalue weighted by atomic mass is 10.0. The van der Waals surface area contributed by atoms with E-state index < -0.39 is 0 Å². The van der Waals surface area contributed by atoms with Gasteiger partial charge < -0.3 is 10.1 Å². The van der Waals surface area contributed by atoms with Gasteiger partial charge in [0.25, 0.3) is 0 Å². The Morgan fingerprint density at radius 2 is 2.12 bits per heavy atom. The van der Waals surface area contributed by atoms with Crippen molar-refractivity contribution in [1.82, 2.24) is 25.9 Å². The van der Waals surface area contributed by atoms with E-state index in [0.29, 0.717) is 5.82 Å². The zero-order valence-electron chi connectivity index (χ0n) is 9.26. The van der Waals surface area contributed by atoms with Crippen LogP contribution in [0, 0.1) is 0 Å². The van der Waals surface area contributed by atoms with Gasteiger partial charge in [0.05, 0.1) is 19.3 Å². The highest BCUT2D eigenvalue weighted by molar-refractivity contribution is 5.54. The second-order valence-corrected chi connectivity index (χ2v) is 3.94. The highest BCUT2D eigenvalue weighted by atomic mass is 16.5. The van der Waals surface area contributed by atoms with Crippen LogP contribution in [0.5, 0.6) is 0 Å². The predicted molar refractivity (Wildman–Crippen MR) is 61.2 cm³/mol. The summed E-state index contributed by atoms with van der Waals surface area (Å²) >= 11 is 0. The van der Waals surface area contributed by atoms with Crippen LogP contribution in [0.1, 0.15) is 11.6 Å². The monoisotopic (exact) mass is 231 g/mol. The van der Waals surface area contributed by atoms with Gasteiger partial charge in [0, 0.05) is 12.1 Å². The number of benzene rings is 1. The molecule has 1 aromatic heterocycles. The fraction of sp³-hybridized carbons (Fsp3) is 0.364. The van der Waals surface area contributed by atoms with Crippen molar-refractivity contribution in [2.24, 2.45) is 0 Å². The molecule has 1 fully saturated rings. The molecule has 6 heteroatoms. The number of H-pyrrole nitrogens is 1. The third-order valence-corrected chi connectivity index (χ3v) is 2.84. The fourth-order valence-corrected chi connectivity index (χ4v) is 1.93. The Morgan fingerprint density at radius 1 is 1.24 bits per heavy atom. The van der Waals surface area contributed by atoms with E-state index in [2.05, 4.69) is 38.1 Å². The van der Waals surface area contributed by atoms with Crippen molar-refractivity contribution < 1.29 is 4.74 Å². The van der Waals surface area contributed by atoms with Gasteiger partial charge in [-0.1, -0.05) is 24.3 Å². The minimum Gasteiger partial charge on any atom is -0.378 e. The first kappa shape index (κ1) is 10.4. The largest absolute Gasteiger partial charge is 0.378 e. The molecule has 88 valence electrons. The normalized spacial score (nSPS) is 20.4. The van der Waals surface area contributed by atoms with Crippen LogP contribution in [-0.2, 0) is 4.74 Å². The van der Waals surface area contributed by atoms with Gasteiger partial charge in [0.1, 0.15) is 0 Å². The zero-order chi connectivity index (χ0) is 11.5. The maximum atomic E-state index is 5.44. The second-order valence-electron chi connectivity index (χ2n) is 3.94. The molecule has 1 aliphatic heterocycles. The minimum atomic E-state index is 0.281. The number of morpholine rings is 1. The Bertz CT molecular complexity index is 461. The van der Waals surface area contributed by atoms with Gasteiger partial charge in [-0.3, -0.25) is 0 Å². The van der Waals surface area contributed by atoms with Crippen molar-refractivity contribution in [2.75, 3.05) is 19.8 Å². The first-order chi connectivity index (χ1) is 8.43. The molecule has 6 nitrogen and oxygen atoms in total. The Balaban J connectivity index is 1.80. The Hall–Kier alpha value is -1.79. The average Bonchev–Trinajstić information content (AvgIpc) is 2.94. The smallest absolute Gasteiger partial charge is 0.204 e. The molecule has 1 aromatic carbocycles. The summed E-state index contributed by atoms with van der Waals surface area (Å²) in [5.41, 5.74) is 2.18. The summed E-state index contributed by atoms with van der Waals surface area (Å²) in [7, 11) is 0. The number of hydrogen-bond donors (Lipinski definition) is 2. The lowest BCUT2D eigenvalue weighted by Crippen LogP contribution is -2.34. The topological polar surface area (TPSA) is 75.7 Å². The first-order valence-corrected chi connectivity index (χ1v) is 5.58. The molecule has 1 saturated heterocycles. The first-order valence-electron chi connectivity index (χ1n) is 5.58. The molecular weight excluding hydrogens is 218 g/mol. The molecule has 0 bridgehead atoms. The van der Waals surface area contributed by atoms with E-state index in [0.717, 1.165) is 25.3 Å². The van der Waals surface area contributed by atoms with Gasteiger partial charge in [-0.15, -0.1) is 10.2 Å². The van der Waals surface area contributed by atoms with Crippen molar-refractivity contribution in [2.45, 2.75) is 6.04 Å². The molecule has 2 N–H and O–H groups in total. The molecular formula is C11H13N5O. The van der Waals surface area contributed by atoms with E-state index in [1.54, 1.807) is 0 Å². The van der Waals surface area contributed by atoms with Crippen LogP contribution in [0.15, 0.2) is 24.3 Å². The second kappa shape index (κ2) is 4.60. The molecule has 0 aliphatic carbocycles. The van der Waals surface area contributed by atoms with Gasteiger partial charge in [-0.2, -0.15) is 5.21 Å². The van der Waals surface area contributed by atoms with Crippen LogP contribution in [0.25, 0.3) is 11.4 Å². The third kappa shape index (κ3) is 2.17. The standard InChI is InChI=1S/C11H13N5O/c1-3-9(11-13-15-16-14-11)4-2-8(1)10-7-17-6-5-12-10/h1-4,10,12H,5-7H2,(H,13,14,15,16)/t10-/m0/s1. The number of aromatic nitrogens is 4. The minimum absolute atomic E-state index is 0.281. The maximum Gasteiger partial charge on any atom is 0.204 e. The van der Waals surface area contributed by atoms with E-state index in [-0.39, 0.29) is 6.04 Å². The van der Waals surface area contributed by atoms with E-state index in [4.69, 9.17) is 4.74 Å². The SMILES string of the molecule is c1cc([C@@H]2COCCN2)ccc1-c1nn[nH]n1. The molecule has 17 heavy (non-hydrogen) atoms. The Labute approximate surface area is 98.4 Å². The summed E-state index contributed by atoms with van der Waals surface area (Å²) in [6, 6.07) is 8.41. The molecule has 0 spiro atoms. The number of aromatic amines is 1. The lowest BCUT2D eigenvalue weighted by molar-refractivity contribution is 0.0769. The molecule has 0 radical (unpaired) electrons. The van der Waals surface area contributed by atoms with Gasteiger partial charge in [0.2, 0.25) is 5.82 Å². The third-order valence-electron chi connectivity index (χ3n) is 2.84. The van der Waals surface area contributed by atoms with Crippen molar-refractivity contribution in [3.8, 4) is 11.4 Å². The van der Waals surface area contributed by atoms with E-state index in [9.17, 15) is 0 Å². The summed E-state index contributed by atoms with van der Waals surface area (Å²) in [5.74, 6) is 0.615. The number of hydrogen-bond acceptors (Lipinski definition) is 5. The molecule has 0 saturated carbocycles. The summed E-state index contributed by atoms with van der Waals surface area (Å²) in [6.07, 6.45) is 0. The summed E-state index contributed by atoms with van der Waals surface area (Å²) in [6.45, 7) is 2.41. The lowest BCUT2D eigenvalue weighted by Gasteiger charge is -2.24. The van der Waals surface area contributed by atoms with Crippen LogP contribution >= 0.6 is 0 Å². The predicted octanol–water partition coefficient (Wildman–Crippen LogP) is 0.528.